The largest absolute Gasteiger partial charge is 0.489 e. The second-order valence-electron chi connectivity index (χ2n) is 8.91. The van der Waals surface area contributed by atoms with Crippen LogP contribution in [0.3, 0.4) is 0 Å². The lowest BCUT2D eigenvalue weighted by Gasteiger charge is -2.23. The number of piperidine rings is 1. The number of imidazole rings is 1. The van der Waals surface area contributed by atoms with Crippen molar-refractivity contribution in [2.24, 2.45) is 0 Å². The molecule has 0 radical (unpaired) electrons. The second-order valence-corrected chi connectivity index (χ2v) is 8.91. The van der Waals surface area contributed by atoms with Crippen molar-refractivity contribution in [3.8, 4) is 17.0 Å². The molecular formula is C25H27F2N7O. The van der Waals surface area contributed by atoms with Gasteiger partial charge in [-0.05, 0) is 71.0 Å². The first-order chi connectivity index (χ1) is 16.9. The summed E-state index contributed by atoms with van der Waals surface area (Å²) in [4.78, 5) is 17.0. The molecule has 182 valence electrons. The normalized spacial score (nSPS) is 14.6. The molecule has 8 nitrogen and oxygen atoms in total. The van der Waals surface area contributed by atoms with Crippen molar-refractivity contribution >= 4 is 22.8 Å². The van der Waals surface area contributed by atoms with Crippen LogP contribution in [0.1, 0.15) is 38.6 Å². The Morgan fingerprint density at radius 1 is 1.06 bits per heavy atom. The number of fused-ring (bicyclic) bond motifs is 1. The number of anilines is 2. The Morgan fingerprint density at radius 2 is 1.86 bits per heavy atom. The van der Waals surface area contributed by atoms with Gasteiger partial charge in [-0.1, -0.05) is 0 Å². The number of aryl methyl sites for hydroxylation is 1. The standard InChI is InChI=1S/C25H27F2N7O/c1-14(2)34-15(3)31-24-19(26)10-16(11-21(24)34)23-20(27)13-30-25(33-23)32-22-5-4-18(12-29-22)35-17-6-8-28-9-7-17/h4-5,10-14,17,28H,6-9H2,1-3H3,(H,29,30,32,33). The monoisotopic (exact) mass is 479 g/mol. The first-order valence-electron chi connectivity index (χ1n) is 11.7. The summed E-state index contributed by atoms with van der Waals surface area (Å²) in [5, 5.41) is 6.29. The molecule has 0 saturated carbocycles. The zero-order valence-electron chi connectivity index (χ0n) is 19.8. The van der Waals surface area contributed by atoms with Crippen LogP contribution < -0.4 is 15.4 Å². The van der Waals surface area contributed by atoms with Crippen molar-refractivity contribution in [3.63, 3.8) is 0 Å². The van der Waals surface area contributed by atoms with Gasteiger partial charge in [0.2, 0.25) is 5.95 Å². The topological polar surface area (TPSA) is 89.8 Å². The number of aromatic nitrogens is 5. The summed E-state index contributed by atoms with van der Waals surface area (Å²) in [7, 11) is 0. The molecule has 1 saturated heterocycles. The highest BCUT2D eigenvalue weighted by Gasteiger charge is 2.19. The summed E-state index contributed by atoms with van der Waals surface area (Å²) >= 11 is 0. The molecule has 0 amide bonds. The van der Waals surface area contributed by atoms with Gasteiger partial charge in [0.25, 0.3) is 0 Å². The lowest BCUT2D eigenvalue weighted by atomic mass is 10.1. The van der Waals surface area contributed by atoms with Gasteiger partial charge in [-0.25, -0.2) is 28.7 Å². The van der Waals surface area contributed by atoms with Crippen molar-refractivity contribution in [1.82, 2.24) is 29.8 Å². The van der Waals surface area contributed by atoms with E-state index in [-0.39, 0.29) is 29.3 Å². The Hall–Kier alpha value is -3.66. The molecule has 10 heteroatoms. The SMILES string of the molecule is Cc1nc2c(F)cc(-c3nc(Nc4ccc(OC5CCNCC5)cn4)ncc3F)cc2n1C(C)C. The van der Waals surface area contributed by atoms with Crippen LogP contribution in [-0.2, 0) is 0 Å². The number of nitrogens with zero attached hydrogens (tertiary/aromatic N) is 5. The Bertz CT molecular complexity index is 1350. The second kappa shape index (κ2) is 9.53. The first kappa shape index (κ1) is 23.1. The molecule has 1 aromatic carbocycles. The molecule has 0 unspecified atom stereocenters. The summed E-state index contributed by atoms with van der Waals surface area (Å²) in [5.74, 6) is 0.823. The van der Waals surface area contributed by atoms with E-state index >= 15 is 0 Å². The van der Waals surface area contributed by atoms with Crippen LogP contribution in [0.15, 0.2) is 36.7 Å². The number of benzene rings is 1. The molecule has 5 rings (SSSR count). The number of hydrogen-bond donors (Lipinski definition) is 2. The fraction of sp³-hybridized carbons (Fsp3) is 0.360. The average molecular weight is 480 g/mol. The van der Waals surface area contributed by atoms with Gasteiger partial charge in [-0.15, -0.1) is 0 Å². The molecule has 1 aliphatic rings. The molecule has 35 heavy (non-hydrogen) atoms. The molecule has 0 bridgehead atoms. The molecule has 0 spiro atoms. The van der Waals surface area contributed by atoms with Crippen molar-refractivity contribution in [2.45, 2.75) is 45.8 Å². The molecule has 0 atom stereocenters. The van der Waals surface area contributed by atoms with Crippen molar-refractivity contribution < 1.29 is 13.5 Å². The number of pyridine rings is 1. The molecule has 4 aromatic rings. The van der Waals surface area contributed by atoms with E-state index in [1.807, 2.05) is 31.4 Å². The minimum Gasteiger partial charge on any atom is -0.489 e. The number of nitrogens with one attached hydrogen (secondary N) is 2. The maximum absolute atomic E-state index is 14.9. The molecule has 4 heterocycles. The first-order valence-corrected chi connectivity index (χ1v) is 11.7. The highest BCUT2D eigenvalue weighted by Crippen LogP contribution is 2.30. The number of rotatable bonds is 6. The van der Waals surface area contributed by atoms with Gasteiger partial charge in [0, 0.05) is 11.6 Å². The van der Waals surface area contributed by atoms with Crippen molar-refractivity contribution in [2.75, 3.05) is 18.4 Å². The highest BCUT2D eigenvalue weighted by atomic mass is 19.1. The van der Waals surface area contributed by atoms with E-state index in [2.05, 4.69) is 30.6 Å². The lowest BCUT2D eigenvalue weighted by molar-refractivity contribution is 0.162. The number of hydrogen-bond acceptors (Lipinski definition) is 7. The van der Waals surface area contributed by atoms with Crippen LogP contribution in [0.5, 0.6) is 5.75 Å². The third kappa shape index (κ3) is 4.79. The zero-order valence-corrected chi connectivity index (χ0v) is 19.8. The van der Waals surface area contributed by atoms with E-state index in [1.165, 1.54) is 6.07 Å². The van der Waals surface area contributed by atoms with E-state index in [0.29, 0.717) is 28.5 Å². The fourth-order valence-corrected chi connectivity index (χ4v) is 4.43. The van der Waals surface area contributed by atoms with Crippen LogP contribution in [0, 0.1) is 18.6 Å². The van der Waals surface area contributed by atoms with Gasteiger partial charge in [0.15, 0.2) is 11.6 Å². The lowest BCUT2D eigenvalue weighted by Crippen LogP contribution is -2.34. The van der Waals surface area contributed by atoms with Crippen molar-refractivity contribution in [1.29, 1.82) is 0 Å². The van der Waals surface area contributed by atoms with E-state index in [9.17, 15) is 8.78 Å². The van der Waals surface area contributed by atoms with Crippen LogP contribution in [0.2, 0.25) is 0 Å². The van der Waals surface area contributed by atoms with Crippen LogP contribution in [0.25, 0.3) is 22.3 Å². The van der Waals surface area contributed by atoms with Gasteiger partial charge in [0.1, 0.15) is 34.7 Å². The zero-order chi connectivity index (χ0) is 24.5. The Morgan fingerprint density at radius 3 is 2.57 bits per heavy atom. The molecule has 3 aromatic heterocycles. The van der Waals surface area contributed by atoms with Crippen LogP contribution >= 0.6 is 0 Å². The third-order valence-electron chi connectivity index (χ3n) is 6.02. The van der Waals surface area contributed by atoms with E-state index in [4.69, 9.17) is 4.74 Å². The fourth-order valence-electron chi connectivity index (χ4n) is 4.43. The quantitative estimate of drug-likeness (QED) is 0.405. The predicted octanol–water partition coefficient (Wildman–Crippen LogP) is 4.93. The van der Waals surface area contributed by atoms with Crippen LogP contribution in [-0.4, -0.2) is 43.7 Å². The minimum absolute atomic E-state index is 0.0108. The highest BCUT2D eigenvalue weighted by molar-refractivity contribution is 5.83. The summed E-state index contributed by atoms with van der Waals surface area (Å²) in [6, 6.07) is 6.59. The summed E-state index contributed by atoms with van der Waals surface area (Å²) < 4.78 is 37.5. The third-order valence-corrected chi connectivity index (χ3v) is 6.02. The Labute approximate surface area is 201 Å². The summed E-state index contributed by atoms with van der Waals surface area (Å²) in [6.07, 6.45) is 4.78. The van der Waals surface area contributed by atoms with Gasteiger partial charge < -0.3 is 19.9 Å². The van der Waals surface area contributed by atoms with E-state index in [0.717, 1.165) is 32.1 Å². The van der Waals surface area contributed by atoms with Crippen LogP contribution in [0.4, 0.5) is 20.5 Å². The summed E-state index contributed by atoms with van der Waals surface area (Å²) in [5.41, 5.74) is 1.14. The molecule has 1 aliphatic heterocycles. The average Bonchev–Trinajstić information content (AvgIpc) is 3.19. The van der Waals surface area contributed by atoms with Gasteiger partial charge >= 0.3 is 0 Å². The van der Waals surface area contributed by atoms with E-state index in [1.54, 1.807) is 18.3 Å². The smallest absolute Gasteiger partial charge is 0.229 e. The number of ether oxygens (including phenoxy) is 1. The molecular weight excluding hydrogens is 452 g/mol. The van der Waals surface area contributed by atoms with Gasteiger partial charge in [-0.3, -0.25) is 0 Å². The maximum atomic E-state index is 14.9. The van der Waals surface area contributed by atoms with Crippen molar-refractivity contribution in [3.05, 3.63) is 54.1 Å². The predicted molar refractivity (Wildman–Crippen MR) is 130 cm³/mol. The Balaban J connectivity index is 1.40. The number of halogens is 2. The minimum atomic E-state index is -0.652. The molecule has 1 fully saturated rings. The van der Waals surface area contributed by atoms with Gasteiger partial charge in [-0.2, -0.15) is 0 Å². The van der Waals surface area contributed by atoms with E-state index < -0.39 is 11.6 Å². The maximum Gasteiger partial charge on any atom is 0.229 e. The molecule has 0 aliphatic carbocycles. The molecule has 2 N–H and O–H groups in total. The Kier molecular flexibility index (Phi) is 6.29. The van der Waals surface area contributed by atoms with Gasteiger partial charge in [0.05, 0.1) is 17.9 Å². The summed E-state index contributed by atoms with van der Waals surface area (Å²) in [6.45, 7) is 7.68.